The monoisotopic (exact) mass is 355 g/mol. The fourth-order valence-electron chi connectivity index (χ4n) is 2.47. The number of rotatable bonds is 7. The highest BCUT2D eigenvalue weighted by atomic mass is 32.1. The van der Waals surface area contributed by atoms with Gasteiger partial charge in [0.1, 0.15) is 12.4 Å². The van der Waals surface area contributed by atoms with E-state index in [9.17, 15) is 4.79 Å². The van der Waals surface area contributed by atoms with E-state index in [0.717, 1.165) is 16.9 Å². The van der Waals surface area contributed by atoms with Gasteiger partial charge in [0.25, 0.3) is 5.91 Å². The standard InChI is InChI=1S/C19H21N3O2S/c1-14-5-3-6-17(9-14)24-12-16-10-18(25-13-16)19(23)21-15(2)11-22-8-4-7-20-22/h3-10,13,15H,11-12H2,1-2H3,(H,21,23). The first-order valence-electron chi connectivity index (χ1n) is 8.15. The average Bonchev–Trinajstić information content (AvgIpc) is 3.24. The Morgan fingerprint density at radius 2 is 2.24 bits per heavy atom. The number of benzene rings is 1. The van der Waals surface area contributed by atoms with Crippen molar-refractivity contribution >= 4 is 17.2 Å². The Balaban J connectivity index is 1.52. The van der Waals surface area contributed by atoms with Gasteiger partial charge in [-0.25, -0.2) is 0 Å². The predicted octanol–water partition coefficient (Wildman–Crippen LogP) is 3.65. The third-order valence-electron chi connectivity index (χ3n) is 3.67. The van der Waals surface area contributed by atoms with E-state index in [-0.39, 0.29) is 11.9 Å². The van der Waals surface area contributed by atoms with Crippen molar-refractivity contribution in [3.05, 3.63) is 70.2 Å². The molecule has 0 bridgehead atoms. The Morgan fingerprint density at radius 3 is 3.00 bits per heavy atom. The van der Waals surface area contributed by atoms with Crippen molar-refractivity contribution in [1.29, 1.82) is 0 Å². The van der Waals surface area contributed by atoms with E-state index in [0.29, 0.717) is 18.0 Å². The van der Waals surface area contributed by atoms with Gasteiger partial charge >= 0.3 is 0 Å². The summed E-state index contributed by atoms with van der Waals surface area (Å²) >= 11 is 1.43. The molecule has 6 heteroatoms. The highest BCUT2D eigenvalue weighted by Gasteiger charge is 2.13. The van der Waals surface area contributed by atoms with Crippen LogP contribution in [0.2, 0.25) is 0 Å². The van der Waals surface area contributed by atoms with Gasteiger partial charge < -0.3 is 10.1 Å². The average molecular weight is 355 g/mol. The third kappa shape index (κ3) is 4.93. The van der Waals surface area contributed by atoms with E-state index < -0.39 is 0 Å². The number of nitrogens with zero attached hydrogens (tertiary/aromatic N) is 2. The molecule has 0 aliphatic heterocycles. The first-order chi connectivity index (χ1) is 12.1. The largest absolute Gasteiger partial charge is 0.489 e. The molecule has 1 N–H and O–H groups in total. The van der Waals surface area contributed by atoms with Crippen LogP contribution in [-0.4, -0.2) is 21.7 Å². The van der Waals surface area contributed by atoms with Crippen molar-refractivity contribution in [3.63, 3.8) is 0 Å². The summed E-state index contributed by atoms with van der Waals surface area (Å²) in [4.78, 5) is 13.0. The van der Waals surface area contributed by atoms with Gasteiger partial charge in [0.05, 0.1) is 11.4 Å². The van der Waals surface area contributed by atoms with E-state index in [1.54, 1.807) is 10.9 Å². The van der Waals surface area contributed by atoms with Crippen LogP contribution in [-0.2, 0) is 13.2 Å². The first-order valence-corrected chi connectivity index (χ1v) is 9.03. The fraction of sp³-hybridized carbons (Fsp3) is 0.263. The summed E-state index contributed by atoms with van der Waals surface area (Å²) in [6.45, 7) is 5.10. The highest BCUT2D eigenvalue weighted by molar-refractivity contribution is 7.12. The molecule has 1 atom stereocenters. The molecule has 0 saturated heterocycles. The molecule has 0 radical (unpaired) electrons. The molecule has 1 aromatic carbocycles. The Labute approximate surface area is 151 Å². The maximum absolute atomic E-state index is 12.3. The van der Waals surface area contributed by atoms with Crippen LogP contribution in [0, 0.1) is 6.92 Å². The number of amides is 1. The van der Waals surface area contributed by atoms with Crippen LogP contribution in [0.4, 0.5) is 0 Å². The van der Waals surface area contributed by atoms with Crippen LogP contribution in [0.3, 0.4) is 0 Å². The molecular weight excluding hydrogens is 334 g/mol. The number of thiophene rings is 1. The molecule has 2 aromatic heterocycles. The van der Waals surface area contributed by atoms with E-state index in [1.165, 1.54) is 11.3 Å². The molecule has 0 saturated carbocycles. The van der Waals surface area contributed by atoms with Gasteiger partial charge in [0, 0.05) is 24.0 Å². The van der Waals surface area contributed by atoms with Crippen LogP contribution in [0.15, 0.2) is 54.2 Å². The van der Waals surface area contributed by atoms with E-state index in [4.69, 9.17) is 4.74 Å². The SMILES string of the molecule is Cc1cccc(OCc2csc(C(=O)NC(C)Cn3cccn3)c2)c1. The second kappa shape index (κ2) is 7.98. The summed E-state index contributed by atoms with van der Waals surface area (Å²) in [5, 5.41) is 9.11. The molecule has 0 fully saturated rings. The minimum Gasteiger partial charge on any atom is -0.489 e. The molecule has 1 unspecified atom stereocenters. The second-order valence-electron chi connectivity index (χ2n) is 6.03. The van der Waals surface area contributed by atoms with Crippen molar-refractivity contribution < 1.29 is 9.53 Å². The normalized spacial score (nSPS) is 11.9. The van der Waals surface area contributed by atoms with Crippen LogP contribution < -0.4 is 10.1 Å². The summed E-state index contributed by atoms with van der Waals surface area (Å²) in [5.41, 5.74) is 2.16. The van der Waals surface area contributed by atoms with Gasteiger partial charge in [-0.3, -0.25) is 9.48 Å². The van der Waals surface area contributed by atoms with Gasteiger partial charge in [0.15, 0.2) is 0 Å². The molecule has 25 heavy (non-hydrogen) atoms. The number of aryl methyl sites for hydroxylation is 1. The maximum Gasteiger partial charge on any atom is 0.261 e. The van der Waals surface area contributed by atoms with Crippen LogP contribution >= 0.6 is 11.3 Å². The number of hydrogen-bond donors (Lipinski definition) is 1. The number of hydrogen-bond acceptors (Lipinski definition) is 4. The molecule has 1 amide bonds. The van der Waals surface area contributed by atoms with Gasteiger partial charge in [-0.1, -0.05) is 12.1 Å². The summed E-state index contributed by atoms with van der Waals surface area (Å²) in [6, 6.07) is 11.7. The molecule has 130 valence electrons. The number of carbonyl (C=O) groups is 1. The van der Waals surface area contributed by atoms with Crippen molar-refractivity contribution in [2.75, 3.05) is 0 Å². The lowest BCUT2D eigenvalue weighted by atomic mass is 10.2. The maximum atomic E-state index is 12.3. The molecular formula is C19H21N3O2S. The van der Waals surface area contributed by atoms with Crippen molar-refractivity contribution in [2.45, 2.75) is 33.0 Å². The molecule has 0 aliphatic carbocycles. The van der Waals surface area contributed by atoms with Crippen LogP contribution in [0.5, 0.6) is 5.75 Å². The summed E-state index contributed by atoms with van der Waals surface area (Å²) in [6.07, 6.45) is 3.61. The summed E-state index contributed by atoms with van der Waals surface area (Å²) < 4.78 is 7.59. The van der Waals surface area contributed by atoms with E-state index >= 15 is 0 Å². The van der Waals surface area contributed by atoms with Gasteiger partial charge in [-0.2, -0.15) is 5.10 Å². The Bertz CT molecular complexity index is 827. The van der Waals surface area contributed by atoms with Crippen molar-refractivity contribution in [2.24, 2.45) is 0 Å². The quantitative estimate of drug-likeness (QED) is 0.704. The number of aromatic nitrogens is 2. The molecule has 3 aromatic rings. The minimum absolute atomic E-state index is 0.00138. The molecule has 0 aliphatic rings. The smallest absolute Gasteiger partial charge is 0.261 e. The fourth-order valence-corrected chi connectivity index (χ4v) is 3.27. The lowest BCUT2D eigenvalue weighted by Gasteiger charge is -2.13. The molecule has 2 heterocycles. The highest BCUT2D eigenvalue weighted by Crippen LogP contribution is 2.18. The van der Waals surface area contributed by atoms with Crippen LogP contribution in [0.1, 0.15) is 27.7 Å². The van der Waals surface area contributed by atoms with E-state index in [1.807, 2.05) is 61.8 Å². The minimum atomic E-state index is -0.0635. The molecule has 0 spiro atoms. The van der Waals surface area contributed by atoms with Gasteiger partial charge in [0.2, 0.25) is 0 Å². The predicted molar refractivity (Wildman–Crippen MR) is 99.0 cm³/mol. The zero-order chi connectivity index (χ0) is 17.6. The first kappa shape index (κ1) is 17.2. The summed E-state index contributed by atoms with van der Waals surface area (Å²) in [5.74, 6) is 0.775. The van der Waals surface area contributed by atoms with Crippen LogP contribution in [0.25, 0.3) is 0 Å². The number of ether oxygens (including phenoxy) is 1. The molecule has 3 rings (SSSR count). The Kier molecular flexibility index (Phi) is 5.50. The van der Waals surface area contributed by atoms with Gasteiger partial charge in [-0.05, 0) is 49.1 Å². The second-order valence-corrected chi connectivity index (χ2v) is 6.94. The number of carbonyl (C=O) groups excluding carboxylic acids is 1. The van der Waals surface area contributed by atoms with Gasteiger partial charge in [-0.15, -0.1) is 11.3 Å². The van der Waals surface area contributed by atoms with Crippen molar-refractivity contribution in [3.8, 4) is 5.75 Å². The van der Waals surface area contributed by atoms with E-state index in [2.05, 4.69) is 10.4 Å². The third-order valence-corrected chi connectivity index (χ3v) is 4.65. The topological polar surface area (TPSA) is 56.1 Å². The Hall–Kier alpha value is -2.60. The lowest BCUT2D eigenvalue weighted by Crippen LogP contribution is -2.35. The lowest BCUT2D eigenvalue weighted by molar-refractivity contribution is 0.0940. The molecule has 5 nitrogen and oxygen atoms in total. The summed E-state index contributed by atoms with van der Waals surface area (Å²) in [7, 11) is 0. The Morgan fingerprint density at radius 1 is 1.36 bits per heavy atom. The zero-order valence-electron chi connectivity index (χ0n) is 14.3. The number of nitrogens with one attached hydrogen (secondary N) is 1. The zero-order valence-corrected chi connectivity index (χ0v) is 15.1. The van der Waals surface area contributed by atoms with Crippen molar-refractivity contribution in [1.82, 2.24) is 15.1 Å².